The van der Waals surface area contributed by atoms with Crippen LogP contribution in [0.4, 0.5) is 0 Å². The van der Waals surface area contributed by atoms with E-state index in [1.165, 1.54) is 22.3 Å². The van der Waals surface area contributed by atoms with Gasteiger partial charge in [0.15, 0.2) is 0 Å². The van der Waals surface area contributed by atoms with Gasteiger partial charge in [-0.15, -0.1) is 11.6 Å². The summed E-state index contributed by atoms with van der Waals surface area (Å²) in [7, 11) is 3.81. The molecule has 0 saturated heterocycles. The van der Waals surface area contributed by atoms with Crippen molar-refractivity contribution in [3.8, 4) is 0 Å². The highest BCUT2D eigenvalue weighted by Crippen LogP contribution is 2.51. The van der Waals surface area contributed by atoms with E-state index in [4.69, 9.17) is 11.6 Å². The molecule has 13 heavy (non-hydrogen) atoms. The molecule has 0 bridgehead atoms. The van der Waals surface area contributed by atoms with E-state index in [2.05, 4.69) is 37.9 Å². The van der Waals surface area contributed by atoms with E-state index in [-0.39, 0.29) is 10.4 Å². The molecule has 0 aromatic heterocycles. The van der Waals surface area contributed by atoms with Crippen LogP contribution in [-0.2, 0) is 0 Å². The van der Waals surface area contributed by atoms with Crippen LogP contribution >= 0.6 is 11.6 Å². The van der Waals surface area contributed by atoms with Crippen molar-refractivity contribution in [2.45, 2.75) is 45.0 Å². The summed E-state index contributed by atoms with van der Waals surface area (Å²) in [5.41, 5.74) is 5.41. The molecule has 0 aromatic carbocycles. The molecule has 0 amide bonds. The second-order valence-corrected chi connectivity index (χ2v) is 5.68. The first-order valence-corrected chi connectivity index (χ1v) is 5.52. The fourth-order valence-electron chi connectivity index (χ4n) is 2.13. The van der Waals surface area contributed by atoms with E-state index >= 15 is 0 Å². The maximum Gasteiger partial charge on any atom is 0.0528 e. The van der Waals surface area contributed by atoms with Gasteiger partial charge in [-0.05, 0) is 49.5 Å². The minimum atomic E-state index is -0.0324. The van der Waals surface area contributed by atoms with Crippen molar-refractivity contribution < 1.29 is 0 Å². The normalized spacial score (nSPS) is 31.6. The van der Waals surface area contributed by atoms with Crippen molar-refractivity contribution in [2.75, 3.05) is 0 Å². The molecule has 2 unspecified atom stereocenters. The van der Waals surface area contributed by atoms with Crippen molar-refractivity contribution in [1.82, 2.24) is 0 Å². The standard InChI is InChI=1S/C11H16ClSi/c1-6-7(2)10(9(4)12)11(5,13)8(6)3/h9H,1-5H3. The van der Waals surface area contributed by atoms with Crippen LogP contribution in [-0.4, -0.2) is 15.6 Å². The van der Waals surface area contributed by atoms with E-state index in [0.29, 0.717) is 0 Å². The molecule has 71 valence electrons. The quantitative estimate of drug-likeness (QED) is 0.459. The van der Waals surface area contributed by atoms with Crippen LogP contribution in [0.25, 0.3) is 0 Å². The third kappa shape index (κ3) is 1.53. The number of alkyl halides is 1. The Labute approximate surface area is 89.5 Å². The SMILES string of the molecule is CC1=C(C)C(C)([Si])C(C(C)Cl)=C1C. The predicted octanol–water partition coefficient (Wildman–Crippen LogP) is 3.63. The zero-order chi connectivity index (χ0) is 10.4. The first kappa shape index (κ1) is 11.1. The highest BCUT2D eigenvalue weighted by Gasteiger charge is 2.36. The van der Waals surface area contributed by atoms with Gasteiger partial charge in [-0.25, -0.2) is 0 Å². The van der Waals surface area contributed by atoms with Crippen LogP contribution in [0.1, 0.15) is 34.6 Å². The van der Waals surface area contributed by atoms with Crippen molar-refractivity contribution in [3.63, 3.8) is 0 Å². The van der Waals surface area contributed by atoms with Crippen LogP contribution < -0.4 is 0 Å². The Hall–Kier alpha value is -0.0131. The Kier molecular flexibility index (Phi) is 2.80. The Morgan fingerprint density at radius 1 is 1.23 bits per heavy atom. The van der Waals surface area contributed by atoms with Crippen molar-refractivity contribution >= 4 is 21.8 Å². The third-order valence-electron chi connectivity index (χ3n) is 3.22. The van der Waals surface area contributed by atoms with Gasteiger partial charge in [0.1, 0.15) is 0 Å². The van der Waals surface area contributed by atoms with Gasteiger partial charge >= 0.3 is 0 Å². The molecule has 1 aliphatic rings. The first-order valence-electron chi connectivity index (χ1n) is 4.58. The molecular weight excluding hydrogens is 196 g/mol. The average Bonchev–Trinajstić information content (AvgIpc) is 2.12. The van der Waals surface area contributed by atoms with Crippen LogP contribution in [0.3, 0.4) is 0 Å². The zero-order valence-electron chi connectivity index (χ0n) is 8.96. The molecule has 0 aromatic rings. The van der Waals surface area contributed by atoms with E-state index in [9.17, 15) is 0 Å². The largest absolute Gasteiger partial charge is 0.118 e. The van der Waals surface area contributed by atoms with Crippen LogP contribution in [0.15, 0.2) is 22.3 Å². The van der Waals surface area contributed by atoms with Gasteiger partial charge in [0.2, 0.25) is 0 Å². The summed E-state index contributed by atoms with van der Waals surface area (Å²) >= 11 is 6.18. The lowest BCUT2D eigenvalue weighted by Crippen LogP contribution is -2.16. The number of hydrogen-bond donors (Lipinski definition) is 0. The van der Waals surface area contributed by atoms with Crippen LogP contribution in [0.5, 0.6) is 0 Å². The van der Waals surface area contributed by atoms with Crippen molar-refractivity contribution in [1.29, 1.82) is 0 Å². The Morgan fingerprint density at radius 3 is 1.85 bits per heavy atom. The molecule has 0 N–H and O–H groups in total. The minimum Gasteiger partial charge on any atom is -0.118 e. The van der Waals surface area contributed by atoms with E-state index < -0.39 is 0 Å². The molecule has 3 radical (unpaired) electrons. The van der Waals surface area contributed by atoms with Crippen LogP contribution in [0, 0.1) is 0 Å². The van der Waals surface area contributed by atoms with Gasteiger partial charge < -0.3 is 0 Å². The maximum atomic E-state index is 6.18. The zero-order valence-corrected chi connectivity index (χ0v) is 10.7. The summed E-state index contributed by atoms with van der Waals surface area (Å²) < 4.78 is 0. The summed E-state index contributed by atoms with van der Waals surface area (Å²) in [6, 6.07) is 0. The molecule has 1 rings (SSSR count). The van der Waals surface area contributed by atoms with Gasteiger partial charge in [0.05, 0.1) is 5.38 Å². The maximum absolute atomic E-state index is 6.18. The molecule has 0 nitrogen and oxygen atoms in total. The van der Waals surface area contributed by atoms with E-state index in [1.54, 1.807) is 0 Å². The monoisotopic (exact) mass is 211 g/mol. The fraction of sp³-hybridized carbons (Fsp3) is 0.636. The van der Waals surface area contributed by atoms with E-state index in [0.717, 1.165) is 0 Å². The summed E-state index contributed by atoms with van der Waals surface area (Å²) in [4.78, 5) is 0. The topological polar surface area (TPSA) is 0 Å². The molecule has 2 atom stereocenters. The number of hydrogen-bond acceptors (Lipinski definition) is 0. The second-order valence-electron chi connectivity index (χ2n) is 4.03. The Morgan fingerprint density at radius 2 is 1.69 bits per heavy atom. The molecule has 2 heteroatoms. The van der Waals surface area contributed by atoms with E-state index in [1.807, 2.05) is 6.92 Å². The Bertz CT molecular complexity index is 295. The molecule has 0 fully saturated rings. The highest BCUT2D eigenvalue weighted by molar-refractivity contribution is 6.26. The lowest BCUT2D eigenvalue weighted by molar-refractivity contribution is 0.801. The minimum absolute atomic E-state index is 0.0324. The number of allylic oxidation sites excluding steroid dienone is 4. The summed E-state index contributed by atoms with van der Waals surface area (Å²) in [6.07, 6.45) is 0. The highest BCUT2D eigenvalue weighted by atomic mass is 35.5. The first-order chi connectivity index (χ1) is 5.80. The molecule has 0 spiro atoms. The van der Waals surface area contributed by atoms with Crippen LogP contribution in [0.2, 0.25) is 5.04 Å². The second kappa shape index (κ2) is 3.29. The fourth-order valence-corrected chi connectivity index (χ4v) is 3.20. The molecule has 1 aliphatic carbocycles. The van der Waals surface area contributed by atoms with Gasteiger partial charge in [-0.2, -0.15) is 0 Å². The molecule has 0 heterocycles. The predicted molar refractivity (Wildman–Crippen MR) is 60.5 cm³/mol. The lowest BCUT2D eigenvalue weighted by Gasteiger charge is -2.27. The number of rotatable bonds is 1. The molecular formula is C11H16ClSi. The van der Waals surface area contributed by atoms with Crippen molar-refractivity contribution in [2.24, 2.45) is 0 Å². The summed E-state index contributed by atoms with van der Waals surface area (Å²) in [5, 5.41) is 0.0601. The molecule has 0 saturated carbocycles. The van der Waals surface area contributed by atoms with Gasteiger partial charge in [-0.3, -0.25) is 0 Å². The smallest absolute Gasteiger partial charge is 0.0528 e. The molecule has 0 aliphatic heterocycles. The van der Waals surface area contributed by atoms with Gasteiger partial charge in [0, 0.05) is 10.2 Å². The summed E-state index contributed by atoms with van der Waals surface area (Å²) in [6.45, 7) is 10.7. The average molecular weight is 212 g/mol. The van der Waals surface area contributed by atoms with Gasteiger partial charge in [-0.1, -0.05) is 12.5 Å². The number of halogens is 1. The van der Waals surface area contributed by atoms with Gasteiger partial charge in [0.25, 0.3) is 0 Å². The van der Waals surface area contributed by atoms with Crippen molar-refractivity contribution in [3.05, 3.63) is 22.3 Å². The third-order valence-corrected chi connectivity index (χ3v) is 4.08. The summed E-state index contributed by atoms with van der Waals surface area (Å²) in [5.74, 6) is 0. The lowest BCUT2D eigenvalue weighted by atomic mass is 9.94. The Balaban J connectivity index is 3.28.